The minimum Gasteiger partial charge on any atom is -0.454 e. The van der Waals surface area contributed by atoms with Crippen LogP contribution in [0.15, 0.2) is 84.5 Å². The van der Waals surface area contributed by atoms with E-state index in [1.807, 2.05) is 13.0 Å². The van der Waals surface area contributed by atoms with E-state index in [9.17, 15) is 0 Å². The fraction of sp³-hybridized carbons (Fsp3) is 0.378. The molecule has 0 aliphatic carbocycles. The molecule has 6 nitrogen and oxygen atoms in total. The highest BCUT2D eigenvalue weighted by Crippen LogP contribution is 2.38. The second-order valence-electron chi connectivity index (χ2n) is 12.1. The van der Waals surface area contributed by atoms with Crippen molar-refractivity contribution in [2.24, 2.45) is 0 Å². The number of pyridine rings is 1. The maximum absolute atomic E-state index is 5.67. The van der Waals surface area contributed by atoms with E-state index in [2.05, 4.69) is 89.7 Å². The fourth-order valence-electron chi connectivity index (χ4n) is 6.49. The molecule has 1 N–H and O–H groups in total. The van der Waals surface area contributed by atoms with Gasteiger partial charge in [0.25, 0.3) is 0 Å². The molecule has 224 valence electrons. The molecule has 0 spiro atoms. The van der Waals surface area contributed by atoms with Crippen LogP contribution in [-0.4, -0.2) is 60.3 Å². The Morgan fingerprint density at radius 3 is 2.60 bits per heavy atom. The molecule has 0 unspecified atom stereocenters. The fourth-order valence-corrected chi connectivity index (χ4v) is 6.49. The molecule has 4 heterocycles. The van der Waals surface area contributed by atoms with Crippen molar-refractivity contribution in [1.29, 1.82) is 0 Å². The van der Waals surface area contributed by atoms with Crippen LogP contribution in [0.1, 0.15) is 52.0 Å². The van der Waals surface area contributed by atoms with Crippen molar-refractivity contribution >= 4 is 22.4 Å². The third-order valence-corrected chi connectivity index (χ3v) is 8.83. The third-order valence-electron chi connectivity index (χ3n) is 8.83. The Labute approximate surface area is 256 Å². The summed E-state index contributed by atoms with van der Waals surface area (Å²) in [5, 5.41) is 4.72. The molecule has 3 aromatic rings. The summed E-state index contributed by atoms with van der Waals surface area (Å²) in [5.74, 6) is 2.46. The van der Waals surface area contributed by atoms with Gasteiger partial charge in [-0.25, -0.2) is 4.98 Å². The molecule has 6 rings (SSSR count). The molecule has 6 heteroatoms. The van der Waals surface area contributed by atoms with Crippen molar-refractivity contribution in [3.8, 4) is 22.6 Å². The van der Waals surface area contributed by atoms with Crippen LogP contribution in [-0.2, 0) is 0 Å². The van der Waals surface area contributed by atoms with E-state index in [-0.39, 0.29) is 6.79 Å². The number of aromatic nitrogens is 1. The van der Waals surface area contributed by atoms with E-state index < -0.39 is 0 Å². The summed E-state index contributed by atoms with van der Waals surface area (Å²) in [6, 6.07) is 15.4. The summed E-state index contributed by atoms with van der Waals surface area (Å²) < 4.78 is 11.2. The maximum Gasteiger partial charge on any atom is 0.231 e. The van der Waals surface area contributed by atoms with Crippen LogP contribution >= 0.6 is 0 Å². The highest BCUT2D eigenvalue weighted by atomic mass is 16.7. The Balaban J connectivity index is 1.33. The molecule has 0 bridgehead atoms. The zero-order valence-electron chi connectivity index (χ0n) is 25.9. The minimum absolute atomic E-state index is 0.273. The van der Waals surface area contributed by atoms with Gasteiger partial charge >= 0.3 is 0 Å². The lowest BCUT2D eigenvalue weighted by Gasteiger charge is -2.32. The normalized spacial score (nSPS) is 19.2. The lowest BCUT2D eigenvalue weighted by atomic mass is 9.98. The van der Waals surface area contributed by atoms with Crippen LogP contribution in [0.2, 0.25) is 0 Å². The Kier molecular flexibility index (Phi) is 8.85. The van der Waals surface area contributed by atoms with E-state index in [0.717, 1.165) is 70.2 Å². The summed E-state index contributed by atoms with van der Waals surface area (Å²) >= 11 is 0. The molecule has 0 saturated carbocycles. The van der Waals surface area contributed by atoms with Crippen molar-refractivity contribution in [2.75, 3.05) is 44.8 Å². The average Bonchev–Trinajstić information content (AvgIpc) is 3.81. The molecule has 1 atom stereocenters. The van der Waals surface area contributed by atoms with Gasteiger partial charge in [0.1, 0.15) is 5.82 Å². The first kappa shape index (κ1) is 29.1. The zero-order valence-corrected chi connectivity index (χ0v) is 25.9. The van der Waals surface area contributed by atoms with Crippen LogP contribution in [0, 0.1) is 0 Å². The summed E-state index contributed by atoms with van der Waals surface area (Å²) in [6.07, 6.45) is 13.6. The number of benzene rings is 2. The number of rotatable bonds is 10. The second kappa shape index (κ2) is 13.1. The van der Waals surface area contributed by atoms with Crippen LogP contribution in [0.3, 0.4) is 0 Å². The van der Waals surface area contributed by atoms with E-state index >= 15 is 0 Å². The van der Waals surface area contributed by atoms with Gasteiger partial charge in [-0.15, -0.1) is 0 Å². The number of allylic oxidation sites excluding steroid dienone is 5. The molecule has 0 amide bonds. The zero-order chi connectivity index (χ0) is 29.8. The largest absolute Gasteiger partial charge is 0.454 e. The average molecular weight is 577 g/mol. The third kappa shape index (κ3) is 6.65. The molecule has 0 radical (unpaired) electrons. The summed E-state index contributed by atoms with van der Waals surface area (Å²) in [6.45, 7) is 16.6. The molecule has 2 fully saturated rings. The Hall–Kier alpha value is -4.03. The lowest BCUT2D eigenvalue weighted by Crippen LogP contribution is -2.38. The molecule has 3 aliphatic heterocycles. The summed E-state index contributed by atoms with van der Waals surface area (Å²) in [7, 11) is 0. The molecular formula is C37H44N4O2. The van der Waals surface area contributed by atoms with Crippen molar-refractivity contribution in [1.82, 2.24) is 14.8 Å². The predicted octanol–water partition coefficient (Wildman–Crippen LogP) is 8.04. The number of hydrogen-bond acceptors (Lipinski definition) is 6. The number of hydrogen-bond donors (Lipinski definition) is 1. The van der Waals surface area contributed by atoms with Gasteiger partial charge in [0, 0.05) is 42.3 Å². The maximum atomic E-state index is 5.67. The number of nitrogens with one attached hydrogen (secondary N) is 1. The van der Waals surface area contributed by atoms with Gasteiger partial charge in [-0.05, 0) is 101 Å². The standard InChI is InChI=1S/C37H44N4O2/c1-5-9-26(2)11-12-27(3)23-38-37-22-32(28(4)41-19-8-10-31(41)24-40-17-6-7-18-40)33-20-29(13-15-34(33)39-37)30-14-16-35-36(21-30)43-25-42-35/h5,9,11-16,20-22,31H,4,6-8,10,17-19,23-25H2,1-3H3,(H,38,39)/b9-5-,26-11-,27-12+/t31-/m0/s1. The minimum atomic E-state index is 0.273. The second-order valence-corrected chi connectivity index (χ2v) is 12.1. The summed E-state index contributed by atoms with van der Waals surface area (Å²) in [5.41, 5.74) is 7.91. The highest BCUT2D eigenvalue weighted by molar-refractivity contribution is 5.95. The lowest BCUT2D eigenvalue weighted by molar-refractivity contribution is 0.174. The van der Waals surface area contributed by atoms with Crippen molar-refractivity contribution in [2.45, 2.75) is 52.5 Å². The number of ether oxygens (including phenoxy) is 2. The van der Waals surface area contributed by atoms with Crippen LogP contribution in [0.5, 0.6) is 11.5 Å². The number of anilines is 1. The number of likely N-dealkylation sites (tertiary alicyclic amines) is 2. The van der Waals surface area contributed by atoms with E-state index in [1.165, 1.54) is 49.9 Å². The molecule has 1 aromatic heterocycles. The molecule has 3 aliphatic rings. The first-order valence-electron chi connectivity index (χ1n) is 15.7. The van der Waals surface area contributed by atoms with Crippen molar-refractivity contribution in [3.05, 3.63) is 90.1 Å². The van der Waals surface area contributed by atoms with E-state index in [4.69, 9.17) is 21.0 Å². The van der Waals surface area contributed by atoms with Gasteiger partial charge in [-0.3, -0.25) is 0 Å². The number of nitrogens with zero attached hydrogens (tertiary/aromatic N) is 3. The van der Waals surface area contributed by atoms with Crippen LogP contribution in [0.25, 0.3) is 27.7 Å². The molecule has 43 heavy (non-hydrogen) atoms. The van der Waals surface area contributed by atoms with Gasteiger partial charge in [0.15, 0.2) is 11.5 Å². The highest BCUT2D eigenvalue weighted by Gasteiger charge is 2.29. The van der Waals surface area contributed by atoms with Gasteiger partial charge in [0.05, 0.1) is 5.52 Å². The van der Waals surface area contributed by atoms with E-state index in [1.54, 1.807) is 0 Å². The van der Waals surface area contributed by atoms with Gasteiger partial charge in [0.2, 0.25) is 6.79 Å². The Morgan fingerprint density at radius 2 is 1.77 bits per heavy atom. The van der Waals surface area contributed by atoms with Crippen molar-refractivity contribution < 1.29 is 9.47 Å². The first-order chi connectivity index (χ1) is 21.0. The quantitative estimate of drug-likeness (QED) is 0.247. The van der Waals surface area contributed by atoms with Crippen LogP contribution in [0.4, 0.5) is 5.82 Å². The van der Waals surface area contributed by atoms with Gasteiger partial charge in [-0.1, -0.05) is 54.2 Å². The van der Waals surface area contributed by atoms with Crippen LogP contribution < -0.4 is 14.8 Å². The SMILES string of the molecule is C=C(c1cc(NC/C(C)=C/C=C(C)\C=C/C)nc2ccc(-c3ccc4c(c3)OCO4)cc12)N1CCC[C@H]1CN1CCCC1. The Bertz CT molecular complexity index is 1580. The number of fused-ring (bicyclic) bond motifs is 2. The molecular weight excluding hydrogens is 532 g/mol. The van der Waals surface area contributed by atoms with E-state index in [0.29, 0.717) is 6.04 Å². The Morgan fingerprint density at radius 1 is 0.977 bits per heavy atom. The monoisotopic (exact) mass is 576 g/mol. The first-order valence-corrected chi connectivity index (χ1v) is 15.7. The van der Waals surface area contributed by atoms with Gasteiger partial charge < -0.3 is 24.6 Å². The van der Waals surface area contributed by atoms with Gasteiger partial charge in [-0.2, -0.15) is 0 Å². The predicted molar refractivity (Wildman–Crippen MR) is 179 cm³/mol. The van der Waals surface area contributed by atoms with Crippen molar-refractivity contribution in [3.63, 3.8) is 0 Å². The topological polar surface area (TPSA) is 49.9 Å². The smallest absolute Gasteiger partial charge is 0.231 e. The molecule has 2 saturated heterocycles. The summed E-state index contributed by atoms with van der Waals surface area (Å²) in [4.78, 5) is 10.3. The molecule has 2 aromatic carbocycles.